The summed E-state index contributed by atoms with van der Waals surface area (Å²) in [4.78, 5) is 29.7. The number of hydroxylamine groups is 2. The first-order chi connectivity index (χ1) is 15.8. The SMILES string of the molecule is CC(ON1C(C)(C)CC2(CC1(C)C)OC(C(=O)O)C(C(=O)O)O2)c1ccc(OCC2CO2)cc1. The Labute approximate surface area is 198 Å². The standard InChI is InChI=1S/C24H33NO9/c1-14(15-6-8-16(9-7-15)30-10-17-11-31-17)34-25-22(2,3)12-24(13-23(25,4)5)32-18(20(26)27)19(33-24)21(28)29/h6-9,14,17-19H,10-13H2,1-5H3,(H,26,27)(H,28,29). The number of piperidine rings is 1. The summed E-state index contributed by atoms with van der Waals surface area (Å²) in [5, 5.41) is 20.8. The van der Waals surface area contributed by atoms with Crippen molar-refractivity contribution in [1.29, 1.82) is 0 Å². The zero-order valence-electron chi connectivity index (χ0n) is 20.1. The highest BCUT2D eigenvalue weighted by molar-refractivity contribution is 5.84. The van der Waals surface area contributed by atoms with E-state index in [1.54, 1.807) is 0 Å². The Bertz CT molecular complexity index is 883. The van der Waals surface area contributed by atoms with E-state index in [2.05, 4.69) is 0 Å². The van der Waals surface area contributed by atoms with E-state index in [1.165, 1.54) is 0 Å². The zero-order chi connectivity index (χ0) is 24.9. The van der Waals surface area contributed by atoms with Gasteiger partial charge < -0.3 is 29.2 Å². The first-order valence-electron chi connectivity index (χ1n) is 11.4. The lowest BCUT2D eigenvalue weighted by Gasteiger charge is -2.56. The fourth-order valence-electron chi connectivity index (χ4n) is 5.18. The predicted octanol–water partition coefficient (Wildman–Crippen LogP) is 2.76. The van der Waals surface area contributed by atoms with Gasteiger partial charge in [-0.2, -0.15) is 5.06 Å². The van der Waals surface area contributed by atoms with Gasteiger partial charge in [-0.25, -0.2) is 9.59 Å². The summed E-state index contributed by atoms with van der Waals surface area (Å²) in [5.41, 5.74) is -0.341. The number of aliphatic carboxylic acids is 2. The second kappa shape index (κ2) is 8.76. The molecule has 4 atom stereocenters. The van der Waals surface area contributed by atoms with Gasteiger partial charge >= 0.3 is 11.9 Å². The second-order valence-electron chi connectivity index (χ2n) is 10.5. The molecule has 4 unspecified atom stereocenters. The van der Waals surface area contributed by atoms with E-state index in [0.29, 0.717) is 6.61 Å². The van der Waals surface area contributed by atoms with Crippen LogP contribution in [0.5, 0.6) is 5.75 Å². The monoisotopic (exact) mass is 479 g/mol. The minimum absolute atomic E-state index is 0.193. The predicted molar refractivity (Wildman–Crippen MR) is 118 cm³/mol. The van der Waals surface area contributed by atoms with Crippen molar-refractivity contribution in [3.8, 4) is 5.75 Å². The molecule has 0 bridgehead atoms. The largest absolute Gasteiger partial charge is 0.491 e. The van der Waals surface area contributed by atoms with Crippen LogP contribution in [0, 0.1) is 0 Å². The van der Waals surface area contributed by atoms with Crippen LogP contribution in [0.2, 0.25) is 0 Å². The molecule has 188 valence electrons. The number of hydrogen-bond acceptors (Lipinski definition) is 8. The highest BCUT2D eigenvalue weighted by Crippen LogP contribution is 2.50. The number of carboxylic acid groups (broad SMARTS) is 2. The quantitative estimate of drug-likeness (QED) is 0.537. The Kier molecular flexibility index (Phi) is 6.41. The summed E-state index contributed by atoms with van der Waals surface area (Å²) in [7, 11) is 0. The van der Waals surface area contributed by atoms with Crippen LogP contribution in [0.15, 0.2) is 24.3 Å². The minimum Gasteiger partial charge on any atom is -0.491 e. The van der Waals surface area contributed by atoms with Crippen molar-refractivity contribution in [2.24, 2.45) is 0 Å². The van der Waals surface area contributed by atoms with E-state index in [4.69, 9.17) is 23.8 Å². The zero-order valence-corrected chi connectivity index (χ0v) is 20.1. The molecule has 10 nitrogen and oxygen atoms in total. The first kappa shape index (κ1) is 24.9. The highest BCUT2D eigenvalue weighted by Gasteiger charge is 2.62. The van der Waals surface area contributed by atoms with E-state index >= 15 is 0 Å². The highest BCUT2D eigenvalue weighted by atomic mass is 16.8. The van der Waals surface area contributed by atoms with Gasteiger partial charge in [0, 0.05) is 23.9 Å². The molecule has 3 saturated heterocycles. The van der Waals surface area contributed by atoms with Crippen LogP contribution >= 0.6 is 0 Å². The molecule has 0 aliphatic carbocycles. The molecular formula is C24H33NO9. The normalized spacial score (nSPS) is 30.1. The fourth-order valence-corrected chi connectivity index (χ4v) is 5.18. The summed E-state index contributed by atoms with van der Waals surface area (Å²) in [5.74, 6) is -3.29. The van der Waals surface area contributed by atoms with Crippen LogP contribution in [0.3, 0.4) is 0 Å². The van der Waals surface area contributed by atoms with Gasteiger partial charge in [-0.15, -0.1) is 0 Å². The van der Waals surface area contributed by atoms with Crippen molar-refractivity contribution in [2.45, 2.75) is 88.7 Å². The third-order valence-corrected chi connectivity index (χ3v) is 6.40. The van der Waals surface area contributed by atoms with Crippen LogP contribution in [-0.4, -0.2) is 75.6 Å². The lowest BCUT2D eigenvalue weighted by molar-refractivity contribution is -0.352. The fraction of sp³-hybridized carbons (Fsp3) is 0.667. The molecule has 0 aromatic heterocycles. The molecule has 4 rings (SSSR count). The molecule has 1 spiro atoms. The van der Waals surface area contributed by atoms with Gasteiger partial charge in [0.25, 0.3) is 0 Å². The number of carboxylic acids is 2. The molecule has 3 fully saturated rings. The lowest BCUT2D eigenvalue weighted by atomic mass is 9.78. The van der Waals surface area contributed by atoms with Gasteiger partial charge in [0.05, 0.1) is 6.61 Å². The van der Waals surface area contributed by atoms with Gasteiger partial charge in [0.1, 0.15) is 24.6 Å². The van der Waals surface area contributed by atoms with Crippen molar-refractivity contribution in [2.75, 3.05) is 13.2 Å². The third kappa shape index (κ3) is 5.06. The van der Waals surface area contributed by atoms with Crippen molar-refractivity contribution < 1.29 is 43.6 Å². The third-order valence-electron chi connectivity index (χ3n) is 6.40. The van der Waals surface area contributed by atoms with Gasteiger partial charge in [-0.05, 0) is 52.3 Å². The molecule has 3 aliphatic heterocycles. The Morgan fingerprint density at radius 3 is 1.97 bits per heavy atom. The summed E-state index contributed by atoms with van der Waals surface area (Å²) < 4.78 is 22.4. The lowest BCUT2D eigenvalue weighted by Crippen LogP contribution is -2.65. The molecule has 3 aliphatic rings. The molecular weight excluding hydrogens is 446 g/mol. The summed E-state index contributed by atoms with van der Waals surface area (Å²) in [6.45, 7) is 11.0. The van der Waals surface area contributed by atoms with Crippen LogP contribution in [0.4, 0.5) is 0 Å². The van der Waals surface area contributed by atoms with Crippen molar-refractivity contribution in [3.05, 3.63) is 29.8 Å². The Balaban J connectivity index is 1.47. The molecule has 3 heterocycles. The van der Waals surface area contributed by atoms with Crippen molar-refractivity contribution in [3.63, 3.8) is 0 Å². The van der Waals surface area contributed by atoms with E-state index in [-0.39, 0.29) is 25.0 Å². The molecule has 0 radical (unpaired) electrons. The molecule has 0 amide bonds. The number of nitrogens with zero attached hydrogens (tertiary/aromatic N) is 1. The molecule has 34 heavy (non-hydrogen) atoms. The summed E-state index contributed by atoms with van der Waals surface area (Å²) in [6.07, 6.45) is -2.75. The van der Waals surface area contributed by atoms with Crippen LogP contribution < -0.4 is 4.74 Å². The number of rotatable bonds is 8. The van der Waals surface area contributed by atoms with Crippen molar-refractivity contribution in [1.82, 2.24) is 5.06 Å². The molecule has 1 aromatic carbocycles. The van der Waals surface area contributed by atoms with Crippen molar-refractivity contribution >= 4 is 11.9 Å². The molecule has 10 heteroatoms. The molecule has 0 saturated carbocycles. The summed E-state index contributed by atoms with van der Waals surface area (Å²) in [6, 6.07) is 7.71. The number of carbonyl (C=O) groups is 2. The Morgan fingerprint density at radius 1 is 1.03 bits per heavy atom. The number of hydrogen-bond donors (Lipinski definition) is 2. The van der Waals surface area contributed by atoms with E-state index in [9.17, 15) is 19.8 Å². The minimum atomic E-state index is -1.57. The Morgan fingerprint density at radius 2 is 1.53 bits per heavy atom. The maximum atomic E-state index is 11.6. The van der Waals surface area contributed by atoms with E-state index in [0.717, 1.165) is 17.9 Å². The topological polar surface area (TPSA) is 127 Å². The number of benzene rings is 1. The van der Waals surface area contributed by atoms with E-state index in [1.807, 2.05) is 63.9 Å². The maximum absolute atomic E-state index is 11.6. The van der Waals surface area contributed by atoms with Crippen LogP contribution in [-0.2, 0) is 28.6 Å². The van der Waals surface area contributed by atoms with Gasteiger partial charge in [0.15, 0.2) is 18.0 Å². The Hall–Kier alpha value is -2.24. The van der Waals surface area contributed by atoms with Gasteiger partial charge in [-0.3, -0.25) is 4.84 Å². The maximum Gasteiger partial charge on any atom is 0.336 e. The second-order valence-corrected chi connectivity index (χ2v) is 10.5. The van der Waals surface area contributed by atoms with Gasteiger partial charge in [0.2, 0.25) is 0 Å². The first-order valence-corrected chi connectivity index (χ1v) is 11.4. The average Bonchev–Trinajstić information content (AvgIpc) is 3.49. The number of ether oxygens (including phenoxy) is 4. The average molecular weight is 480 g/mol. The molecule has 2 N–H and O–H groups in total. The van der Waals surface area contributed by atoms with Crippen LogP contribution in [0.1, 0.15) is 59.1 Å². The van der Waals surface area contributed by atoms with E-state index < -0.39 is 41.0 Å². The number of epoxide rings is 1. The smallest absolute Gasteiger partial charge is 0.336 e. The van der Waals surface area contributed by atoms with Crippen LogP contribution in [0.25, 0.3) is 0 Å². The summed E-state index contributed by atoms with van der Waals surface area (Å²) >= 11 is 0. The molecule has 1 aromatic rings. The van der Waals surface area contributed by atoms with Gasteiger partial charge in [-0.1, -0.05) is 12.1 Å².